The van der Waals surface area contributed by atoms with Crippen LogP contribution in [0.25, 0.3) is 0 Å². The Hall–Kier alpha value is -2.29. The van der Waals surface area contributed by atoms with Crippen molar-refractivity contribution < 1.29 is 9.90 Å². The average Bonchev–Trinajstić information content (AvgIpc) is 2.48. The molecule has 110 valence electrons. The van der Waals surface area contributed by atoms with E-state index < -0.39 is 5.97 Å². The third-order valence-electron chi connectivity index (χ3n) is 3.52. The van der Waals surface area contributed by atoms with Gasteiger partial charge >= 0.3 is 5.97 Å². The molecule has 21 heavy (non-hydrogen) atoms. The number of aromatic carboxylic acids is 1. The maximum Gasteiger partial charge on any atom is 0.337 e. The lowest BCUT2D eigenvalue weighted by atomic mass is 10.0. The third-order valence-corrected chi connectivity index (χ3v) is 3.52. The molecule has 0 aliphatic heterocycles. The molecule has 0 amide bonds. The van der Waals surface area contributed by atoms with Crippen molar-refractivity contribution in [1.29, 1.82) is 0 Å². The highest BCUT2D eigenvalue weighted by Crippen LogP contribution is 2.19. The monoisotopic (exact) mass is 283 g/mol. The van der Waals surface area contributed by atoms with Gasteiger partial charge in [-0.3, -0.25) is 0 Å². The minimum absolute atomic E-state index is 0.214. The van der Waals surface area contributed by atoms with E-state index in [-0.39, 0.29) is 6.04 Å². The topological polar surface area (TPSA) is 49.3 Å². The highest BCUT2D eigenvalue weighted by Gasteiger charge is 2.12. The van der Waals surface area contributed by atoms with E-state index in [2.05, 4.69) is 24.4 Å². The van der Waals surface area contributed by atoms with Crippen LogP contribution < -0.4 is 5.32 Å². The van der Waals surface area contributed by atoms with Crippen LogP contribution in [-0.4, -0.2) is 17.1 Å². The van der Waals surface area contributed by atoms with Gasteiger partial charge in [0.25, 0.3) is 0 Å². The number of aryl methyl sites for hydroxylation is 2. The summed E-state index contributed by atoms with van der Waals surface area (Å²) < 4.78 is 0. The van der Waals surface area contributed by atoms with E-state index in [4.69, 9.17) is 0 Å². The number of rotatable bonds is 6. The van der Waals surface area contributed by atoms with Crippen molar-refractivity contribution in [3.05, 3.63) is 65.2 Å². The van der Waals surface area contributed by atoms with Gasteiger partial charge in [0.05, 0.1) is 5.56 Å². The van der Waals surface area contributed by atoms with Crippen LogP contribution in [0.15, 0.2) is 48.5 Å². The molecule has 0 saturated carbocycles. The van der Waals surface area contributed by atoms with Crippen molar-refractivity contribution in [1.82, 2.24) is 0 Å². The van der Waals surface area contributed by atoms with Crippen LogP contribution in [0.1, 0.15) is 34.8 Å². The fourth-order valence-electron chi connectivity index (χ4n) is 2.33. The van der Waals surface area contributed by atoms with Crippen LogP contribution in [-0.2, 0) is 6.42 Å². The molecule has 2 rings (SSSR count). The summed E-state index contributed by atoms with van der Waals surface area (Å²) in [4.78, 5) is 11.3. The molecule has 0 radical (unpaired) electrons. The quantitative estimate of drug-likeness (QED) is 0.838. The average molecular weight is 283 g/mol. The molecule has 0 bridgehead atoms. The van der Waals surface area contributed by atoms with Crippen LogP contribution in [0.3, 0.4) is 0 Å². The smallest absolute Gasteiger partial charge is 0.337 e. The lowest BCUT2D eigenvalue weighted by Gasteiger charge is -2.17. The molecule has 2 N–H and O–H groups in total. The highest BCUT2D eigenvalue weighted by atomic mass is 16.4. The first-order valence-electron chi connectivity index (χ1n) is 7.20. The molecule has 1 unspecified atom stereocenters. The van der Waals surface area contributed by atoms with Crippen LogP contribution >= 0.6 is 0 Å². The summed E-state index contributed by atoms with van der Waals surface area (Å²) in [5.74, 6) is -0.892. The van der Waals surface area contributed by atoms with Gasteiger partial charge in [-0.25, -0.2) is 4.79 Å². The van der Waals surface area contributed by atoms with E-state index in [1.54, 1.807) is 6.07 Å². The fraction of sp³-hybridized carbons (Fsp3) is 0.278. The number of nitrogens with one attached hydrogen (secondary N) is 1. The van der Waals surface area contributed by atoms with E-state index >= 15 is 0 Å². The van der Waals surface area contributed by atoms with Crippen LogP contribution in [0.4, 0.5) is 5.69 Å². The lowest BCUT2D eigenvalue weighted by Crippen LogP contribution is -2.18. The van der Waals surface area contributed by atoms with Gasteiger partial charge in [0.15, 0.2) is 0 Å². The maximum absolute atomic E-state index is 11.3. The summed E-state index contributed by atoms with van der Waals surface area (Å²) >= 11 is 0. The first-order chi connectivity index (χ1) is 10.1. The Morgan fingerprint density at radius 2 is 1.90 bits per heavy atom. The predicted octanol–water partition coefficient (Wildman–Crippen LogP) is 4.13. The van der Waals surface area contributed by atoms with E-state index in [1.165, 1.54) is 5.56 Å². The number of anilines is 1. The summed E-state index contributed by atoms with van der Waals surface area (Å²) in [7, 11) is 0. The van der Waals surface area contributed by atoms with Crippen molar-refractivity contribution in [2.24, 2.45) is 0 Å². The highest BCUT2D eigenvalue weighted by molar-refractivity contribution is 5.94. The third kappa shape index (κ3) is 4.35. The second kappa shape index (κ2) is 6.93. The summed E-state index contributed by atoms with van der Waals surface area (Å²) in [6.07, 6.45) is 1.93. The van der Waals surface area contributed by atoms with Gasteiger partial charge in [0.2, 0.25) is 0 Å². The number of carboxylic acids is 1. The molecule has 0 spiro atoms. The van der Waals surface area contributed by atoms with E-state index in [1.807, 2.05) is 37.3 Å². The maximum atomic E-state index is 11.3. The normalized spacial score (nSPS) is 11.9. The van der Waals surface area contributed by atoms with Gasteiger partial charge in [0, 0.05) is 11.7 Å². The van der Waals surface area contributed by atoms with Gasteiger partial charge in [-0.05, 0) is 44.4 Å². The molecule has 0 aromatic heterocycles. The second-order valence-corrected chi connectivity index (χ2v) is 5.42. The molecule has 0 fully saturated rings. The van der Waals surface area contributed by atoms with Gasteiger partial charge in [-0.2, -0.15) is 0 Å². The van der Waals surface area contributed by atoms with Crippen molar-refractivity contribution in [3.8, 4) is 0 Å². The van der Waals surface area contributed by atoms with Crippen molar-refractivity contribution in [2.75, 3.05) is 5.32 Å². The zero-order chi connectivity index (χ0) is 15.2. The Morgan fingerprint density at radius 3 is 2.57 bits per heavy atom. The number of hydrogen-bond donors (Lipinski definition) is 2. The number of benzene rings is 2. The van der Waals surface area contributed by atoms with Crippen molar-refractivity contribution in [3.63, 3.8) is 0 Å². The standard InChI is InChI=1S/C18H21NO2/c1-13-8-11-17(16(12-13)18(20)21)19-14(2)9-10-15-6-4-3-5-7-15/h3-8,11-12,14,19H,9-10H2,1-2H3,(H,20,21). The van der Waals surface area contributed by atoms with E-state index in [0.717, 1.165) is 18.4 Å². The molecular weight excluding hydrogens is 262 g/mol. The molecule has 3 nitrogen and oxygen atoms in total. The zero-order valence-corrected chi connectivity index (χ0v) is 12.5. The van der Waals surface area contributed by atoms with Gasteiger partial charge in [0.1, 0.15) is 0 Å². The van der Waals surface area contributed by atoms with E-state index in [0.29, 0.717) is 11.3 Å². The first-order valence-corrected chi connectivity index (χ1v) is 7.20. The Labute approximate surface area is 125 Å². The molecule has 0 aliphatic rings. The Morgan fingerprint density at radius 1 is 1.19 bits per heavy atom. The number of carbonyl (C=O) groups is 1. The summed E-state index contributed by atoms with van der Waals surface area (Å²) in [5.41, 5.74) is 3.28. The first kappa shape index (κ1) is 15.1. The molecule has 0 saturated heterocycles. The Balaban J connectivity index is 1.99. The zero-order valence-electron chi connectivity index (χ0n) is 12.5. The summed E-state index contributed by atoms with van der Waals surface area (Å²) in [6, 6.07) is 16.0. The molecule has 2 aromatic rings. The molecular formula is C18H21NO2. The minimum atomic E-state index is -0.892. The summed E-state index contributed by atoms with van der Waals surface area (Å²) in [6.45, 7) is 3.98. The molecule has 0 heterocycles. The molecule has 0 aliphatic carbocycles. The minimum Gasteiger partial charge on any atom is -0.478 e. The van der Waals surface area contributed by atoms with Crippen molar-refractivity contribution in [2.45, 2.75) is 32.7 Å². The van der Waals surface area contributed by atoms with Gasteiger partial charge in [-0.15, -0.1) is 0 Å². The molecule has 2 aromatic carbocycles. The number of hydrogen-bond acceptors (Lipinski definition) is 2. The van der Waals surface area contributed by atoms with Gasteiger partial charge in [-0.1, -0.05) is 42.0 Å². The Kier molecular flexibility index (Phi) is 4.99. The lowest BCUT2D eigenvalue weighted by molar-refractivity contribution is 0.0698. The molecule has 1 atom stereocenters. The van der Waals surface area contributed by atoms with Gasteiger partial charge < -0.3 is 10.4 Å². The van der Waals surface area contributed by atoms with Crippen LogP contribution in [0, 0.1) is 6.92 Å². The number of carboxylic acid groups (broad SMARTS) is 1. The summed E-state index contributed by atoms with van der Waals surface area (Å²) in [5, 5.41) is 12.6. The Bertz CT molecular complexity index is 608. The SMILES string of the molecule is Cc1ccc(NC(C)CCc2ccccc2)c(C(=O)O)c1. The fourth-order valence-corrected chi connectivity index (χ4v) is 2.33. The predicted molar refractivity (Wildman–Crippen MR) is 86.0 cm³/mol. The van der Waals surface area contributed by atoms with Crippen LogP contribution in [0.5, 0.6) is 0 Å². The second-order valence-electron chi connectivity index (χ2n) is 5.42. The largest absolute Gasteiger partial charge is 0.478 e. The van der Waals surface area contributed by atoms with Crippen molar-refractivity contribution >= 4 is 11.7 Å². The molecule has 3 heteroatoms. The van der Waals surface area contributed by atoms with Crippen LogP contribution in [0.2, 0.25) is 0 Å². The van der Waals surface area contributed by atoms with E-state index in [9.17, 15) is 9.90 Å².